The van der Waals surface area contributed by atoms with Crippen LogP contribution < -0.4 is 0 Å². The van der Waals surface area contributed by atoms with Crippen molar-refractivity contribution in [2.45, 2.75) is 31.2 Å². The zero-order valence-electron chi connectivity index (χ0n) is 12.9. The molecule has 1 aromatic carbocycles. The molecule has 0 spiro atoms. The number of ether oxygens (including phenoxy) is 2. The number of aliphatic hydroxyl groups excluding tert-OH is 1. The van der Waals surface area contributed by atoms with E-state index < -0.39 is 6.10 Å². The van der Waals surface area contributed by atoms with Gasteiger partial charge in [-0.2, -0.15) is 0 Å². The van der Waals surface area contributed by atoms with Crippen LogP contribution >= 0.6 is 0 Å². The summed E-state index contributed by atoms with van der Waals surface area (Å²) in [5, 5.41) is 9.36. The Bertz CT molecular complexity index is 501. The van der Waals surface area contributed by atoms with E-state index in [1.54, 1.807) is 11.9 Å². The third kappa shape index (κ3) is 3.32. The fraction of sp³-hybridized carbons (Fsp3) is 0.588. The van der Waals surface area contributed by atoms with Crippen LogP contribution in [0.4, 0.5) is 0 Å². The second-order valence-electron chi connectivity index (χ2n) is 6.20. The first-order chi connectivity index (χ1) is 10.6. The number of nitrogens with zero attached hydrogens (tertiary/aromatic N) is 1. The van der Waals surface area contributed by atoms with Crippen LogP contribution in [0.1, 0.15) is 24.5 Å². The van der Waals surface area contributed by atoms with E-state index in [0.29, 0.717) is 25.7 Å². The van der Waals surface area contributed by atoms with E-state index in [2.05, 4.69) is 0 Å². The van der Waals surface area contributed by atoms with Crippen LogP contribution in [0, 0.1) is 5.92 Å². The molecule has 1 saturated carbocycles. The van der Waals surface area contributed by atoms with Gasteiger partial charge >= 0.3 is 0 Å². The fourth-order valence-corrected chi connectivity index (χ4v) is 3.18. The van der Waals surface area contributed by atoms with Gasteiger partial charge in [-0.25, -0.2) is 0 Å². The van der Waals surface area contributed by atoms with Gasteiger partial charge in [-0.15, -0.1) is 0 Å². The lowest BCUT2D eigenvalue weighted by Gasteiger charge is -2.37. The van der Waals surface area contributed by atoms with Crippen LogP contribution in [-0.4, -0.2) is 54.9 Å². The molecule has 0 unspecified atom stereocenters. The normalized spacial score (nSPS) is 31.4. The second-order valence-corrected chi connectivity index (χ2v) is 6.20. The summed E-state index contributed by atoms with van der Waals surface area (Å²) >= 11 is 0. The van der Waals surface area contributed by atoms with Crippen molar-refractivity contribution >= 4 is 5.91 Å². The Balaban J connectivity index is 1.66. The van der Waals surface area contributed by atoms with E-state index in [1.165, 1.54) is 0 Å². The Morgan fingerprint density at radius 2 is 1.91 bits per heavy atom. The Labute approximate surface area is 130 Å². The summed E-state index contributed by atoms with van der Waals surface area (Å²) in [7, 11) is 1.80. The zero-order valence-corrected chi connectivity index (χ0v) is 12.9. The molecule has 0 radical (unpaired) electrons. The van der Waals surface area contributed by atoms with Gasteiger partial charge in [0, 0.05) is 13.6 Å². The molecule has 1 heterocycles. The lowest BCUT2D eigenvalue weighted by molar-refractivity contribution is -0.175. The van der Waals surface area contributed by atoms with Gasteiger partial charge < -0.3 is 19.5 Å². The predicted molar refractivity (Wildman–Crippen MR) is 81.2 cm³/mol. The molecule has 2 aliphatic rings. The van der Waals surface area contributed by atoms with Gasteiger partial charge in [-0.3, -0.25) is 4.79 Å². The van der Waals surface area contributed by atoms with Crippen LogP contribution in [-0.2, 0) is 14.3 Å². The number of likely N-dealkylation sites (N-methyl/N-ethyl adjacent to an activating group) is 1. The van der Waals surface area contributed by atoms with Gasteiger partial charge in [0.05, 0.1) is 19.3 Å². The van der Waals surface area contributed by atoms with Crippen molar-refractivity contribution in [3.05, 3.63) is 35.9 Å². The first kappa shape index (κ1) is 15.5. The quantitative estimate of drug-likeness (QED) is 0.913. The summed E-state index contributed by atoms with van der Waals surface area (Å²) in [6, 6.07) is 9.74. The summed E-state index contributed by atoms with van der Waals surface area (Å²) in [5.74, 6) is 0.346. The van der Waals surface area contributed by atoms with Gasteiger partial charge in [0.15, 0.2) is 6.10 Å². The van der Waals surface area contributed by atoms with Gasteiger partial charge in [0.25, 0.3) is 5.91 Å². The van der Waals surface area contributed by atoms with Crippen molar-refractivity contribution in [3.8, 4) is 0 Å². The van der Waals surface area contributed by atoms with E-state index in [4.69, 9.17) is 9.47 Å². The fourth-order valence-electron chi connectivity index (χ4n) is 3.18. The number of carbonyl (C=O) groups is 1. The summed E-state index contributed by atoms with van der Waals surface area (Å²) < 4.78 is 11.5. The number of hydrogen-bond donors (Lipinski definition) is 1. The van der Waals surface area contributed by atoms with Gasteiger partial charge in [0.1, 0.15) is 6.10 Å². The summed E-state index contributed by atoms with van der Waals surface area (Å²) in [5.41, 5.74) is 0.966. The van der Waals surface area contributed by atoms with E-state index in [1.807, 2.05) is 30.3 Å². The van der Waals surface area contributed by atoms with Crippen LogP contribution in [0.3, 0.4) is 0 Å². The van der Waals surface area contributed by atoms with Crippen LogP contribution in [0.5, 0.6) is 0 Å². The van der Waals surface area contributed by atoms with Crippen molar-refractivity contribution in [3.63, 3.8) is 0 Å². The molecule has 0 aromatic heterocycles. The number of amides is 1. The van der Waals surface area contributed by atoms with Crippen molar-refractivity contribution in [2.75, 3.05) is 26.8 Å². The zero-order chi connectivity index (χ0) is 15.5. The number of benzene rings is 1. The molecular formula is C17H23NO4. The number of aliphatic hydroxyl groups is 1. The summed E-state index contributed by atoms with van der Waals surface area (Å²) in [6.07, 6.45) is 0.423. The minimum absolute atomic E-state index is 0.0463. The lowest BCUT2D eigenvalue weighted by Crippen LogP contribution is -2.48. The van der Waals surface area contributed by atoms with Crippen molar-refractivity contribution in [2.24, 2.45) is 5.92 Å². The predicted octanol–water partition coefficient (Wildman–Crippen LogP) is 1.37. The first-order valence-electron chi connectivity index (χ1n) is 7.86. The molecule has 2 fully saturated rings. The minimum Gasteiger partial charge on any atom is -0.393 e. The van der Waals surface area contributed by atoms with Crippen molar-refractivity contribution in [1.82, 2.24) is 4.90 Å². The Hall–Kier alpha value is -1.43. The van der Waals surface area contributed by atoms with Crippen molar-refractivity contribution in [1.29, 1.82) is 0 Å². The maximum Gasteiger partial charge on any atom is 0.254 e. The standard InChI is InChI=1S/C17H23NO4/c1-18(11-12-9-14(19)10-12)17(20)16-15(21-7-8-22-16)13-5-3-2-4-6-13/h2-6,12,14-16,19H,7-11H2,1H3/t12?,14?,15-,16-/m1/s1. The minimum atomic E-state index is -0.592. The van der Waals surface area contributed by atoms with E-state index in [0.717, 1.165) is 18.4 Å². The van der Waals surface area contributed by atoms with Crippen LogP contribution in [0.25, 0.3) is 0 Å². The molecule has 3 rings (SSSR count). The molecule has 2 atom stereocenters. The van der Waals surface area contributed by atoms with Gasteiger partial charge in [-0.1, -0.05) is 30.3 Å². The smallest absolute Gasteiger partial charge is 0.254 e. The molecule has 120 valence electrons. The van der Waals surface area contributed by atoms with Crippen LogP contribution in [0.15, 0.2) is 30.3 Å². The number of rotatable bonds is 4. The highest BCUT2D eigenvalue weighted by Gasteiger charge is 2.37. The van der Waals surface area contributed by atoms with E-state index in [-0.39, 0.29) is 18.1 Å². The average molecular weight is 305 g/mol. The van der Waals surface area contributed by atoms with E-state index in [9.17, 15) is 9.90 Å². The molecule has 5 nitrogen and oxygen atoms in total. The topological polar surface area (TPSA) is 59.0 Å². The monoisotopic (exact) mass is 305 g/mol. The third-order valence-corrected chi connectivity index (χ3v) is 4.44. The maximum atomic E-state index is 12.7. The second kappa shape index (κ2) is 6.77. The molecule has 1 N–H and O–H groups in total. The molecule has 22 heavy (non-hydrogen) atoms. The highest BCUT2D eigenvalue weighted by Crippen LogP contribution is 2.30. The SMILES string of the molecule is CN(CC1CC(O)C1)C(=O)[C@@H]1OCCO[C@@H]1c1ccccc1. The highest BCUT2D eigenvalue weighted by atomic mass is 16.6. The molecule has 5 heteroatoms. The molecule has 1 saturated heterocycles. The van der Waals surface area contributed by atoms with Gasteiger partial charge in [-0.05, 0) is 24.3 Å². The molecule has 1 aliphatic heterocycles. The first-order valence-corrected chi connectivity index (χ1v) is 7.86. The molecule has 1 aliphatic carbocycles. The summed E-state index contributed by atoms with van der Waals surface area (Å²) in [4.78, 5) is 14.4. The molecule has 1 aromatic rings. The Kier molecular flexibility index (Phi) is 4.76. The van der Waals surface area contributed by atoms with Crippen molar-refractivity contribution < 1.29 is 19.4 Å². The average Bonchev–Trinajstić information content (AvgIpc) is 2.53. The maximum absolute atomic E-state index is 12.7. The molecule has 1 amide bonds. The lowest BCUT2D eigenvalue weighted by atomic mass is 9.82. The Morgan fingerprint density at radius 1 is 1.23 bits per heavy atom. The highest BCUT2D eigenvalue weighted by molar-refractivity contribution is 5.81. The summed E-state index contributed by atoms with van der Waals surface area (Å²) in [6.45, 7) is 1.61. The van der Waals surface area contributed by atoms with E-state index >= 15 is 0 Å². The third-order valence-electron chi connectivity index (χ3n) is 4.44. The largest absolute Gasteiger partial charge is 0.393 e. The molecular weight excluding hydrogens is 282 g/mol. The Morgan fingerprint density at radius 3 is 2.59 bits per heavy atom. The van der Waals surface area contributed by atoms with Crippen LogP contribution in [0.2, 0.25) is 0 Å². The van der Waals surface area contributed by atoms with Gasteiger partial charge in [0.2, 0.25) is 0 Å². The number of carbonyl (C=O) groups excluding carboxylic acids is 1. The molecule has 0 bridgehead atoms. The number of hydrogen-bond acceptors (Lipinski definition) is 4.